The lowest BCUT2D eigenvalue weighted by Gasteiger charge is -2.21. The smallest absolute Gasteiger partial charge is 0.310 e. The molecule has 1 aromatic rings. The molecule has 0 aliphatic carbocycles. The van der Waals surface area contributed by atoms with Crippen molar-refractivity contribution >= 4 is 35.9 Å². The normalized spacial score (nSPS) is 19.6. The summed E-state index contributed by atoms with van der Waals surface area (Å²) >= 11 is 0. The van der Waals surface area contributed by atoms with Gasteiger partial charge < -0.3 is 19.7 Å². The van der Waals surface area contributed by atoms with Crippen molar-refractivity contribution in [1.29, 1.82) is 0 Å². The van der Waals surface area contributed by atoms with E-state index in [0.29, 0.717) is 19.0 Å². The first-order valence-electron chi connectivity index (χ1n) is 9.17. The van der Waals surface area contributed by atoms with E-state index in [1.165, 1.54) is 7.11 Å². The van der Waals surface area contributed by atoms with Crippen LogP contribution in [0.1, 0.15) is 33.3 Å². The quantitative estimate of drug-likeness (QED) is 0.286. The first-order valence-corrected chi connectivity index (χ1v) is 9.17. The van der Waals surface area contributed by atoms with Crippen molar-refractivity contribution in [2.75, 3.05) is 26.7 Å². The van der Waals surface area contributed by atoms with Crippen molar-refractivity contribution < 1.29 is 14.3 Å². The molecule has 1 saturated heterocycles. The summed E-state index contributed by atoms with van der Waals surface area (Å²) in [7, 11) is 1.44. The van der Waals surface area contributed by atoms with Gasteiger partial charge in [0.25, 0.3) is 0 Å². The van der Waals surface area contributed by atoms with Crippen LogP contribution in [0.15, 0.2) is 23.3 Å². The van der Waals surface area contributed by atoms with Crippen LogP contribution in [0, 0.1) is 11.8 Å². The van der Waals surface area contributed by atoms with Crippen molar-refractivity contribution in [2.45, 2.75) is 40.3 Å². The molecule has 1 aliphatic heterocycles. The first-order chi connectivity index (χ1) is 12.4. The van der Waals surface area contributed by atoms with Gasteiger partial charge >= 0.3 is 5.97 Å². The van der Waals surface area contributed by atoms with Crippen LogP contribution in [0.3, 0.4) is 0 Å². The van der Waals surface area contributed by atoms with E-state index in [1.54, 1.807) is 6.20 Å². The maximum absolute atomic E-state index is 11.9. The molecule has 1 aromatic heterocycles. The molecule has 1 N–H and O–H groups in total. The number of methoxy groups -OCH3 is 1. The molecular formula is C19H31IN4O3. The Balaban J connectivity index is 0.00000364. The van der Waals surface area contributed by atoms with E-state index in [2.05, 4.69) is 22.1 Å². The summed E-state index contributed by atoms with van der Waals surface area (Å²) in [5.41, 5.74) is 1.01. The lowest BCUT2D eigenvalue weighted by molar-refractivity contribution is -0.145. The Morgan fingerprint density at radius 3 is 2.70 bits per heavy atom. The molecule has 0 radical (unpaired) electrons. The van der Waals surface area contributed by atoms with E-state index >= 15 is 0 Å². The van der Waals surface area contributed by atoms with Gasteiger partial charge in [-0.3, -0.25) is 4.79 Å². The second kappa shape index (κ2) is 11.3. The van der Waals surface area contributed by atoms with Gasteiger partial charge in [-0.1, -0.05) is 13.0 Å². The van der Waals surface area contributed by atoms with Crippen LogP contribution < -0.4 is 10.1 Å². The van der Waals surface area contributed by atoms with Gasteiger partial charge in [-0.25, -0.2) is 9.98 Å². The van der Waals surface area contributed by atoms with Crippen LogP contribution in [0.4, 0.5) is 0 Å². The van der Waals surface area contributed by atoms with Gasteiger partial charge in [-0.15, -0.1) is 24.0 Å². The van der Waals surface area contributed by atoms with Gasteiger partial charge in [-0.05, 0) is 32.3 Å². The highest BCUT2D eigenvalue weighted by atomic mass is 127. The number of esters is 1. The summed E-state index contributed by atoms with van der Waals surface area (Å²) in [5.74, 6) is 1.40. The fourth-order valence-corrected chi connectivity index (χ4v) is 3.01. The number of guanidine groups is 1. The summed E-state index contributed by atoms with van der Waals surface area (Å²) < 4.78 is 10.5. The number of ether oxygens (including phenoxy) is 2. The van der Waals surface area contributed by atoms with Crippen molar-refractivity contribution in [1.82, 2.24) is 15.2 Å². The Hall–Kier alpha value is -1.58. The van der Waals surface area contributed by atoms with E-state index in [0.717, 1.165) is 24.6 Å². The molecule has 2 atom stereocenters. The van der Waals surface area contributed by atoms with Gasteiger partial charge in [0.1, 0.15) is 0 Å². The second-order valence-corrected chi connectivity index (χ2v) is 6.85. The number of halogens is 1. The minimum Gasteiger partial charge on any atom is -0.475 e. The number of carbonyl (C=O) groups excluding carboxylic acids is 1. The Morgan fingerprint density at radius 2 is 2.15 bits per heavy atom. The second-order valence-electron chi connectivity index (χ2n) is 6.85. The Bertz CT molecular complexity index is 622. The zero-order valence-corrected chi connectivity index (χ0v) is 19.1. The zero-order chi connectivity index (χ0) is 19.1. The molecule has 152 valence electrons. The van der Waals surface area contributed by atoms with Crippen molar-refractivity contribution in [3.63, 3.8) is 0 Å². The van der Waals surface area contributed by atoms with Crippen LogP contribution in [-0.4, -0.2) is 54.7 Å². The predicted octanol–water partition coefficient (Wildman–Crippen LogP) is 2.69. The maximum atomic E-state index is 11.9. The fraction of sp³-hybridized carbons (Fsp3) is 0.632. The molecule has 0 amide bonds. The number of hydrogen-bond donors (Lipinski definition) is 1. The Labute approximate surface area is 178 Å². The third kappa shape index (κ3) is 6.82. The van der Waals surface area contributed by atoms with Crippen LogP contribution in [0.2, 0.25) is 0 Å². The number of likely N-dealkylation sites (tertiary alicyclic amines) is 1. The largest absolute Gasteiger partial charge is 0.475 e. The molecule has 27 heavy (non-hydrogen) atoms. The van der Waals surface area contributed by atoms with Crippen LogP contribution in [0.25, 0.3) is 0 Å². The maximum Gasteiger partial charge on any atom is 0.310 e. The van der Waals surface area contributed by atoms with Crippen molar-refractivity contribution in [3.05, 3.63) is 23.9 Å². The highest BCUT2D eigenvalue weighted by molar-refractivity contribution is 14.0. The molecular weight excluding hydrogens is 459 g/mol. The molecule has 2 heterocycles. The molecule has 1 fully saturated rings. The lowest BCUT2D eigenvalue weighted by Crippen LogP contribution is -2.40. The zero-order valence-electron chi connectivity index (χ0n) is 16.8. The average Bonchev–Trinajstić information content (AvgIpc) is 3.00. The first kappa shape index (κ1) is 23.5. The number of carbonyl (C=O) groups is 1. The SMILES string of the molecule is CCNC(=NCc1ccc(OC(C)C)nc1)N1CC(C)C(C(=O)OC)C1.I. The number of aliphatic imine (C=N–C) groups is 1. The van der Waals surface area contributed by atoms with Gasteiger partial charge in [0.05, 0.1) is 25.7 Å². The molecule has 2 rings (SSSR count). The van der Waals surface area contributed by atoms with Gasteiger partial charge in [-0.2, -0.15) is 0 Å². The molecule has 8 heteroatoms. The third-order valence-corrected chi connectivity index (χ3v) is 4.32. The minimum absolute atomic E-state index is 0. The number of nitrogens with one attached hydrogen (secondary N) is 1. The summed E-state index contributed by atoms with van der Waals surface area (Å²) in [6, 6.07) is 3.84. The standard InChI is InChI=1S/C19H30N4O3.HI/c1-6-20-19(23-11-14(4)16(12-23)18(24)25-5)22-10-15-7-8-17(21-9-15)26-13(2)3;/h7-9,13-14,16H,6,10-12H2,1-5H3,(H,20,22);1H. The molecule has 0 aromatic carbocycles. The number of rotatable bonds is 6. The highest BCUT2D eigenvalue weighted by Crippen LogP contribution is 2.24. The molecule has 7 nitrogen and oxygen atoms in total. The van der Waals surface area contributed by atoms with Gasteiger partial charge in [0.2, 0.25) is 5.88 Å². The summed E-state index contributed by atoms with van der Waals surface area (Å²) in [6.45, 7) is 10.7. The monoisotopic (exact) mass is 490 g/mol. The lowest BCUT2D eigenvalue weighted by atomic mass is 9.99. The third-order valence-electron chi connectivity index (χ3n) is 4.32. The number of hydrogen-bond acceptors (Lipinski definition) is 5. The van der Waals surface area contributed by atoms with E-state index in [-0.39, 0.29) is 47.9 Å². The number of nitrogens with zero attached hydrogens (tertiary/aromatic N) is 3. The van der Waals surface area contributed by atoms with Gasteiger partial charge in [0, 0.05) is 31.9 Å². The number of aromatic nitrogens is 1. The Morgan fingerprint density at radius 1 is 1.41 bits per heavy atom. The van der Waals surface area contributed by atoms with E-state index < -0.39 is 0 Å². The predicted molar refractivity (Wildman–Crippen MR) is 116 cm³/mol. The fourth-order valence-electron chi connectivity index (χ4n) is 3.01. The van der Waals surface area contributed by atoms with E-state index in [1.807, 2.05) is 32.9 Å². The molecule has 0 spiro atoms. The van der Waals surface area contributed by atoms with E-state index in [9.17, 15) is 4.79 Å². The van der Waals surface area contributed by atoms with Crippen LogP contribution >= 0.6 is 24.0 Å². The highest BCUT2D eigenvalue weighted by Gasteiger charge is 2.36. The van der Waals surface area contributed by atoms with E-state index in [4.69, 9.17) is 14.5 Å². The topological polar surface area (TPSA) is 76.1 Å². The number of pyridine rings is 1. The van der Waals surface area contributed by atoms with Crippen molar-refractivity contribution in [3.8, 4) is 5.88 Å². The minimum atomic E-state index is -0.152. The molecule has 0 bridgehead atoms. The van der Waals surface area contributed by atoms with Crippen LogP contribution in [0.5, 0.6) is 5.88 Å². The molecule has 1 aliphatic rings. The molecule has 2 unspecified atom stereocenters. The summed E-state index contributed by atoms with van der Waals surface area (Å²) in [6.07, 6.45) is 1.89. The van der Waals surface area contributed by atoms with Gasteiger partial charge in [0.15, 0.2) is 5.96 Å². The average molecular weight is 490 g/mol. The summed E-state index contributed by atoms with van der Waals surface area (Å²) in [5, 5.41) is 3.31. The molecule has 0 saturated carbocycles. The Kier molecular flexibility index (Phi) is 9.82. The summed E-state index contributed by atoms with van der Waals surface area (Å²) in [4.78, 5) is 23.1. The van der Waals surface area contributed by atoms with Crippen LogP contribution in [-0.2, 0) is 16.1 Å². The van der Waals surface area contributed by atoms with Crippen molar-refractivity contribution in [2.24, 2.45) is 16.8 Å².